The first-order valence-electron chi connectivity index (χ1n) is 12.3. The molecule has 0 aliphatic heterocycles. The number of para-hydroxylation sites is 1. The molecule has 0 amide bonds. The molecule has 7 nitrogen and oxygen atoms in total. The summed E-state index contributed by atoms with van der Waals surface area (Å²) in [5.41, 5.74) is 5.17. The molecule has 0 saturated carbocycles. The smallest absolute Gasteiger partial charge is 0.344 e. The summed E-state index contributed by atoms with van der Waals surface area (Å²) in [6, 6.07) is 30.7. The maximum Gasteiger partial charge on any atom is 0.344 e. The molecule has 3 aromatic carbocycles. The van der Waals surface area contributed by atoms with Crippen molar-refractivity contribution in [3.8, 4) is 51.3 Å². The first kappa shape index (κ1) is 25.7. The van der Waals surface area contributed by atoms with Gasteiger partial charge in [0.15, 0.2) is 6.61 Å². The summed E-state index contributed by atoms with van der Waals surface area (Å²) in [5, 5.41) is 15.8. The maximum atomic E-state index is 12.1. The number of carbonyl (C=O) groups excluding carboxylic acids is 1. The molecule has 2 aromatic heterocycles. The Morgan fingerprint density at radius 1 is 0.949 bits per heavy atom. The Morgan fingerprint density at radius 2 is 1.64 bits per heavy atom. The molecular formula is C31H23ClN4O3. The highest BCUT2D eigenvalue weighted by Crippen LogP contribution is 2.39. The van der Waals surface area contributed by atoms with Crippen molar-refractivity contribution >= 4 is 17.6 Å². The Morgan fingerprint density at radius 3 is 2.31 bits per heavy atom. The van der Waals surface area contributed by atoms with Gasteiger partial charge in [-0.25, -0.2) is 14.5 Å². The topological polar surface area (TPSA) is 90.0 Å². The summed E-state index contributed by atoms with van der Waals surface area (Å²) >= 11 is 6.17. The van der Waals surface area contributed by atoms with Gasteiger partial charge in [-0.1, -0.05) is 72.3 Å². The van der Waals surface area contributed by atoms with E-state index in [2.05, 4.69) is 11.1 Å². The van der Waals surface area contributed by atoms with Gasteiger partial charge in [0.05, 0.1) is 18.0 Å². The summed E-state index contributed by atoms with van der Waals surface area (Å²) in [7, 11) is 0. The van der Waals surface area contributed by atoms with E-state index in [-0.39, 0.29) is 24.7 Å². The quantitative estimate of drug-likeness (QED) is 0.205. The SMILES string of the molecule is CCOC(=O)COc1nc(-c2ccccc2)cc(-c2cn(-c3ccccc3)nc2-c2ccc(Cl)cc2)c1C#N. The highest BCUT2D eigenvalue weighted by molar-refractivity contribution is 6.30. The van der Waals surface area contributed by atoms with Crippen LogP contribution in [0.15, 0.2) is 97.2 Å². The molecule has 39 heavy (non-hydrogen) atoms. The first-order valence-corrected chi connectivity index (χ1v) is 12.7. The van der Waals surface area contributed by atoms with Crippen LogP contribution in [0.3, 0.4) is 0 Å². The fourth-order valence-electron chi connectivity index (χ4n) is 4.14. The van der Waals surface area contributed by atoms with E-state index in [1.165, 1.54) is 0 Å². The lowest BCUT2D eigenvalue weighted by atomic mass is 9.96. The van der Waals surface area contributed by atoms with E-state index >= 15 is 0 Å². The molecule has 0 aliphatic rings. The summed E-state index contributed by atoms with van der Waals surface area (Å²) in [6.07, 6.45) is 1.87. The van der Waals surface area contributed by atoms with Crippen LogP contribution in [0.4, 0.5) is 0 Å². The second kappa shape index (κ2) is 11.6. The number of ether oxygens (including phenoxy) is 2. The number of halogens is 1. The molecule has 0 atom stereocenters. The fourth-order valence-corrected chi connectivity index (χ4v) is 4.26. The van der Waals surface area contributed by atoms with E-state index in [4.69, 9.17) is 26.2 Å². The number of esters is 1. The molecule has 5 rings (SSSR count). The van der Waals surface area contributed by atoms with E-state index in [1.54, 1.807) is 23.7 Å². The minimum absolute atomic E-state index is 0.0384. The summed E-state index contributed by atoms with van der Waals surface area (Å²) < 4.78 is 12.5. The van der Waals surface area contributed by atoms with Gasteiger partial charge in [-0.05, 0) is 37.3 Å². The molecule has 0 bridgehead atoms. The van der Waals surface area contributed by atoms with Gasteiger partial charge < -0.3 is 9.47 Å². The number of carbonyl (C=O) groups is 1. The lowest BCUT2D eigenvalue weighted by Gasteiger charge is -2.13. The van der Waals surface area contributed by atoms with Gasteiger partial charge in [-0.3, -0.25) is 0 Å². The van der Waals surface area contributed by atoms with Gasteiger partial charge in [-0.15, -0.1) is 0 Å². The number of pyridine rings is 1. The minimum Gasteiger partial charge on any atom is -0.465 e. The van der Waals surface area contributed by atoms with Crippen molar-refractivity contribution in [2.75, 3.05) is 13.2 Å². The largest absolute Gasteiger partial charge is 0.465 e. The van der Waals surface area contributed by atoms with Crippen molar-refractivity contribution in [3.05, 3.63) is 108 Å². The number of nitrogens with zero attached hydrogens (tertiary/aromatic N) is 4. The zero-order valence-electron chi connectivity index (χ0n) is 21.0. The van der Waals surface area contributed by atoms with Crippen LogP contribution < -0.4 is 4.74 Å². The van der Waals surface area contributed by atoms with Crippen LogP contribution in [0.5, 0.6) is 5.88 Å². The van der Waals surface area contributed by atoms with Crippen LogP contribution >= 0.6 is 11.6 Å². The second-order valence-corrected chi connectivity index (χ2v) is 8.92. The zero-order valence-corrected chi connectivity index (χ0v) is 21.8. The third-order valence-electron chi connectivity index (χ3n) is 5.94. The number of rotatable bonds is 8. The van der Waals surface area contributed by atoms with E-state index in [9.17, 15) is 10.1 Å². The fraction of sp³-hybridized carbons (Fsp3) is 0.0968. The molecule has 0 unspecified atom stereocenters. The number of benzene rings is 3. The Labute approximate surface area is 230 Å². The van der Waals surface area contributed by atoms with Crippen LogP contribution in [0.25, 0.3) is 39.3 Å². The van der Waals surface area contributed by atoms with Crippen LogP contribution in [-0.4, -0.2) is 33.9 Å². The lowest BCUT2D eigenvalue weighted by Crippen LogP contribution is -2.16. The van der Waals surface area contributed by atoms with Crippen molar-refractivity contribution in [2.24, 2.45) is 0 Å². The number of nitriles is 1. The van der Waals surface area contributed by atoms with Crippen molar-refractivity contribution < 1.29 is 14.3 Å². The highest BCUT2D eigenvalue weighted by Gasteiger charge is 2.23. The molecule has 0 spiro atoms. The van der Waals surface area contributed by atoms with E-state index in [0.717, 1.165) is 16.8 Å². The summed E-state index contributed by atoms with van der Waals surface area (Å²) in [5.74, 6) is -0.509. The van der Waals surface area contributed by atoms with Gasteiger partial charge in [0.25, 0.3) is 0 Å². The van der Waals surface area contributed by atoms with Gasteiger partial charge in [0.1, 0.15) is 17.3 Å². The normalized spacial score (nSPS) is 10.6. The van der Waals surface area contributed by atoms with Crippen LogP contribution in [0.2, 0.25) is 5.02 Å². The van der Waals surface area contributed by atoms with E-state index in [0.29, 0.717) is 27.5 Å². The Bertz CT molecular complexity index is 1640. The average molecular weight is 535 g/mol. The second-order valence-electron chi connectivity index (χ2n) is 8.49. The number of hydrogen-bond donors (Lipinski definition) is 0. The van der Waals surface area contributed by atoms with Gasteiger partial charge in [-0.2, -0.15) is 10.4 Å². The summed E-state index contributed by atoms with van der Waals surface area (Å²) in [4.78, 5) is 16.7. The third kappa shape index (κ3) is 5.66. The van der Waals surface area contributed by atoms with Crippen LogP contribution in [-0.2, 0) is 9.53 Å². The van der Waals surface area contributed by atoms with Crippen LogP contribution in [0.1, 0.15) is 12.5 Å². The molecule has 0 saturated heterocycles. The first-order chi connectivity index (χ1) is 19.1. The van der Waals surface area contributed by atoms with E-state index < -0.39 is 5.97 Å². The molecule has 0 aliphatic carbocycles. The zero-order chi connectivity index (χ0) is 27.2. The van der Waals surface area contributed by atoms with Crippen molar-refractivity contribution in [1.29, 1.82) is 5.26 Å². The Kier molecular flexibility index (Phi) is 7.67. The standard InChI is InChI=1S/C31H23ClN4O3/c1-2-38-29(37)20-39-31-26(18-33)25(17-28(34-31)21-9-5-3-6-10-21)27-19-36(24-11-7-4-8-12-24)35-30(27)22-13-15-23(32)16-14-22/h3-17,19H,2,20H2,1H3. The molecule has 8 heteroatoms. The van der Waals surface area contributed by atoms with Crippen LogP contribution in [0, 0.1) is 11.3 Å². The molecule has 0 fully saturated rings. The molecular weight excluding hydrogens is 512 g/mol. The highest BCUT2D eigenvalue weighted by atomic mass is 35.5. The molecule has 5 aromatic rings. The molecule has 192 valence electrons. The molecule has 0 radical (unpaired) electrons. The third-order valence-corrected chi connectivity index (χ3v) is 6.19. The number of hydrogen-bond acceptors (Lipinski definition) is 6. The van der Waals surface area contributed by atoms with Crippen molar-refractivity contribution in [2.45, 2.75) is 6.92 Å². The molecule has 2 heterocycles. The monoisotopic (exact) mass is 534 g/mol. The van der Waals surface area contributed by atoms with Gasteiger partial charge in [0, 0.05) is 33.5 Å². The summed E-state index contributed by atoms with van der Waals surface area (Å²) in [6.45, 7) is 1.56. The Hall–Kier alpha value is -4.93. The molecule has 0 N–H and O–H groups in total. The minimum atomic E-state index is -0.548. The van der Waals surface area contributed by atoms with E-state index in [1.807, 2.05) is 85.1 Å². The predicted octanol–water partition coefficient (Wildman–Crippen LogP) is 6.74. The Balaban J connectivity index is 1.74. The predicted molar refractivity (Wildman–Crippen MR) is 150 cm³/mol. The van der Waals surface area contributed by atoms with Crippen molar-refractivity contribution in [3.63, 3.8) is 0 Å². The maximum absolute atomic E-state index is 12.1. The number of aromatic nitrogens is 3. The lowest BCUT2D eigenvalue weighted by molar-refractivity contribution is -0.145. The van der Waals surface area contributed by atoms with Gasteiger partial charge >= 0.3 is 5.97 Å². The average Bonchev–Trinajstić information content (AvgIpc) is 3.42. The van der Waals surface area contributed by atoms with Crippen molar-refractivity contribution in [1.82, 2.24) is 14.8 Å². The van der Waals surface area contributed by atoms with Gasteiger partial charge in [0.2, 0.25) is 5.88 Å².